The van der Waals surface area contributed by atoms with Crippen LogP contribution in [0.15, 0.2) is 23.5 Å². The zero-order valence-corrected chi connectivity index (χ0v) is 7.75. The van der Waals surface area contributed by atoms with E-state index in [1.54, 1.807) is 0 Å². The standard InChI is InChI=1S/C9H7F3N2O/c1-6(14-5-15)7-2-3-13-4-8(7)9(10,11)12/h2-4,6H,1H3. The van der Waals surface area contributed by atoms with Crippen molar-refractivity contribution in [2.24, 2.45) is 4.99 Å². The van der Waals surface area contributed by atoms with Crippen LogP contribution in [0.2, 0.25) is 0 Å². The molecule has 15 heavy (non-hydrogen) atoms. The van der Waals surface area contributed by atoms with Crippen LogP contribution in [0.3, 0.4) is 0 Å². The zero-order valence-electron chi connectivity index (χ0n) is 7.75. The summed E-state index contributed by atoms with van der Waals surface area (Å²) in [5, 5.41) is 0. The second-order valence-electron chi connectivity index (χ2n) is 2.86. The second kappa shape index (κ2) is 4.23. The largest absolute Gasteiger partial charge is 0.418 e. The highest BCUT2D eigenvalue weighted by molar-refractivity contribution is 5.37. The Balaban J connectivity index is 3.23. The molecule has 1 aromatic rings. The Hall–Kier alpha value is -1.68. The fourth-order valence-corrected chi connectivity index (χ4v) is 1.15. The van der Waals surface area contributed by atoms with E-state index in [2.05, 4.69) is 9.98 Å². The predicted octanol–water partition coefficient (Wildman–Crippen LogP) is 2.50. The Kier molecular flexibility index (Phi) is 3.21. The monoisotopic (exact) mass is 216 g/mol. The number of aliphatic imine (C=N–C) groups is 1. The number of isocyanates is 1. The number of carbonyl (C=O) groups excluding carboxylic acids is 1. The maximum absolute atomic E-state index is 12.5. The van der Waals surface area contributed by atoms with Crippen molar-refractivity contribution in [3.63, 3.8) is 0 Å². The van der Waals surface area contributed by atoms with Gasteiger partial charge in [0.15, 0.2) is 0 Å². The summed E-state index contributed by atoms with van der Waals surface area (Å²) in [4.78, 5) is 16.6. The molecule has 0 bridgehead atoms. The molecule has 0 aliphatic carbocycles. The van der Waals surface area contributed by atoms with Gasteiger partial charge in [-0.05, 0) is 18.6 Å². The van der Waals surface area contributed by atoms with Crippen LogP contribution in [0.5, 0.6) is 0 Å². The number of rotatable bonds is 2. The molecule has 0 saturated heterocycles. The number of hydrogen-bond acceptors (Lipinski definition) is 3. The SMILES string of the molecule is CC(N=C=O)c1ccncc1C(F)(F)F. The molecule has 0 aliphatic heterocycles. The fraction of sp³-hybridized carbons (Fsp3) is 0.333. The average molecular weight is 216 g/mol. The third-order valence-electron chi connectivity index (χ3n) is 1.86. The molecule has 0 saturated carbocycles. The van der Waals surface area contributed by atoms with E-state index in [1.807, 2.05) is 0 Å². The van der Waals surface area contributed by atoms with E-state index in [0.29, 0.717) is 6.20 Å². The van der Waals surface area contributed by atoms with Crippen LogP contribution in [0.4, 0.5) is 13.2 Å². The van der Waals surface area contributed by atoms with Gasteiger partial charge in [-0.3, -0.25) is 4.98 Å². The van der Waals surface area contributed by atoms with E-state index < -0.39 is 17.8 Å². The van der Waals surface area contributed by atoms with Crippen LogP contribution in [0.25, 0.3) is 0 Å². The minimum Gasteiger partial charge on any atom is -0.264 e. The Bertz CT molecular complexity index is 397. The summed E-state index contributed by atoms with van der Waals surface area (Å²) in [5.41, 5.74) is -0.961. The number of halogens is 3. The van der Waals surface area contributed by atoms with Gasteiger partial charge in [-0.1, -0.05) is 0 Å². The van der Waals surface area contributed by atoms with Gasteiger partial charge >= 0.3 is 6.18 Å². The molecule has 0 amide bonds. The topological polar surface area (TPSA) is 42.3 Å². The lowest BCUT2D eigenvalue weighted by molar-refractivity contribution is -0.138. The fourth-order valence-electron chi connectivity index (χ4n) is 1.15. The first-order chi connectivity index (χ1) is 6.96. The zero-order chi connectivity index (χ0) is 11.5. The molecule has 3 nitrogen and oxygen atoms in total. The van der Waals surface area contributed by atoms with Gasteiger partial charge in [-0.15, -0.1) is 0 Å². The molecule has 6 heteroatoms. The summed E-state index contributed by atoms with van der Waals surface area (Å²) in [6.45, 7) is 1.38. The highest BCUT2D eigenvalue weighted by Crippen LogP contribution is 2.34. The molecule has 1 unspecified atom stereocenters. The van der Waals surface area contributed by atoms with Gasteiger partial charge in [-0.2, -0.15) is 18.2 Å². The molecule has 1 aromatic heterocycles. The Morgan fingerprint density at radius 3 is 2.73 bits per heavy atom. The minimum absolute atomic E-state index is 0.0825. The molecular formula is C9H7F3N2O. The molecule has 1 heterocycles. The van der Waals surface area contributed by atoms with Crippen LogP contribution in [-0.2, 0) is 11.0 Å². The first kappa shape index (κ1) is 11.4. The summed E-state index contributed by atoms with van der Waals surface area (Å²) in [5.74, 6) is 0. The molecule has 0 aliphatic rings. The van der Waals surface area contributed by atoms with Crippen LogP contribution in [0, 0.1) is 0 Å². The van der Waals surface area contributed by atoms with Crippen molar-refractivity contribution in [2.75, 3.05) is 0 Å². The second-order valence-corrected chi connectivity index (χ2v) is 2.86. The number of nitrogens with zero attached hydrogens (tertiary/aromatic N) is 2. The van der Waals surface area contributed by atoms with Crippen molar-refractivity contribution < 1.29 is 18.0 Å². The first-order valence-corrected chi connectivity index (χ1v) is 4.05. The highest BCUT2D eigenvalue weighted by atomic mass is 19.4. The van der Waals surface area contributed by atoms with E-state index in [4.69, 9.17) is 0 Å². The van der Waals surface area contributed by atoms with Crippen LogP contribution in [-0.4, -0.2) is 11.1 Å². The maximum Gasteiger partial charge on any atom is 0.418 e. The smallest absolute Gasteiger partial charge is 0.264 e. The first-order valence-electron chi connectivity index (χ1n) is 4.05. The van der Waals surface area contributed by atoms with E-state index >= 15 is 0 Å². The molecule has 0 aromatic carbocycles. The van der Waals surface area contributed by atoms with Crippen LogP contribution < -0.4 is 0 Å². The quantitative estimate of drug-likeness (QED) is 0.563. The maximum atomic E-state index is 12.5. The summed E-state index contributed by atoms with van der Waals surface area (Å²) < 4.78 is 37.4. The number of aromatic nitrogens is 1. The van der Waals surface area contributed by atoms with E-state index in [1.165, 1.54) is 25.3 Å². The summed E-state index contributed by atoms with van der Waals surface area (Å²) in [7, 11) is 0. The Labute approximate surface area is 83.7 Å². The average Bonchev–Trinajstić information content (AvgIpc) is 2.17. The molecule has 0 N–H and O–H groups in total. The van der Waals surface area contributed by atoms with E-state index in [9.17, 15) is 18.0 Å². The third-order valence-corrected chi connectivity index (χ3v) is 1.86. The Morgan fingerprint density at radius 1 is 1.53 bits per heavy atom. The lowest BCUT2D eigenvalue weighted by Crippen LogP contribution is -2.10. The summed E-state index contributed by atoms with van der Waals surface area (Å²) in [6, 6.07) is 0.316. The van der Waals surface area contributed by atoms with Gasteiger partial charge in [0.05, 0.1) is 11.6 Å². The van der Waals surface area contributed by atoms with Crippen molar-refractivity contribution in [1.82, 2.24) is 4.98 Å². The van der Waals surface area contributed by atoms with Crippen LogP contribution >= 0.6 is 0 Å². The van der Waals surface area contributed by atoms with Crippen LogP contribution in [0.1, 0.15) is 24.1 Å². The molecular weight excluding hydrogens is 209 g/mol. The molecule has 0 radical (unpaired) electrons. The number of hydrogen-bond donors (Lipinski definition) is 0. The molecule has 80 valence electrons. The normalized spacial score (nSPS) is 13.1. The van der Waals surface area contributed by atoms with Gasteiger partial charge in [-0.25, -0.2) is 4.79 Å². The summed E-state index contributed by atoms with van der Waals surface area (Å²) in [6.07, 6.45) is -1.32. The molecule has 0 spiro atoms. The van der Waals surface area contributed by atoms with Gasteiger partial charge in [0.1, 0.15) is 0 Å². The van der Waals surface area contributed by atoms with Crippen molar-refractivity contribution >= 4 is 6.08 Å². The number of alkyl halides is 3. The molecule has 1 rings (SSSR count). The third kappa shape index (κ3) is 2.63. The van der Waals surface area contributed by atoms with Gasteiger partial charge in [0, 0.05) is 12.4 Å². The highest BCUT2D eigenvalue weighted by Gasteiger charge is 2.34. The van der Waals surface area contributed by atoms with E-state index in [0.717, 1.165) is 0 Å². The minimum atomic E-state index is -4.49. The lowest BCUT2D eigenvalue weighted by Gasteiger charge is -2.13. The van der Waals surface area contributed by atoms with E-state index in [-0.39, 0.29) is 5.56 Å². The Morgan fingerprint density at radius 2 is 2.20 bits per heavy atom. The van der Waals surface area contributed by atoms with Gasteiger partial charge in [0.25, 0.3) is 0 Å². The molecule has 1 atom stereocenters. The van der Waals surface area contributed by atoms with Crippen molar-refractivity contribution in [1.29, 1.82) is 0 Å². The van der Waals surface area contributed by atoms with Gasteiger partial charge < -0.3 is 0 Å². The van der Waals surface area contributed by atoms with Crippen molar-refractivity contribution in [3.05, 3.63) is 29.6 Å². The number of pyridine rings is 1. The lowest BCUT2D eigenvalue weighted by atomic mass is 10.0. The molecule has 0 fully saturated rings. The van der Waals surface area contributed by atoms with Gasteiger partial charge in [0.2, 0.25) is 6.08 Å². The summed E-state index contributed by atoms with van der Waals surface area (Å²) >= 11 is 0. The van der Waals surface area contributed by atoms with Crippen molar-refractivity contribution in [2.45, 2.75) is 19.1 Å². The van der Waals surface area contributed by atoms with Crippen molar-refractivity contribution in [3.8, 4) is 0 Å². The predicted molar refractivity (Wildman–Crippen MR) is 45.8 cm³/mol.